The Balaban J connectivity index is 1.96. The molecule has 1 aliphatic heterocycles. The summed E-state index contributed by atoms with van der Waals surface area (Å²) >= 11 is 0. The maximum Gasteiger partial charge on any atom is 0.246 e. The summed E-state index contributed by atoms with van der Waals surface area (Å²) in [5, 5.41) is 0. The van der Waals surface area contributed by atoms with E-state index in [1.807, 2.05) is 13.0 Å². The Morgan fingerprint density at radius 2 is 2.29 bits per heavy atom. The summed E-state index contributed by atoms with van der Waals surface area (Å²) in [4.78, 5) is 24.2. The predicted molar refractivity (Wildman–Crippen MR) is 52.6 cm³/mol. The van der Waals surface area contributed by atoms with E-state index >= 15 is 0 Å². The number of nitrogens with zero attached hydrogens (tertiary/aromatic N) is 1. The van der Waals surface area contributed by atoms with Crippen LogP contribution in [0.4, 0.5) is 0 Å². The Kier molecular flexibility index (Phi) is 2.23. The second-order valence-corrected chi connectivity index (χ2v) is 3.93. The quantitative estimate of drug-likeness (QED) is 0.651. The second-order valence-electron chi connectivity index (χ2n) is 3.93. The molecule has 1 atom stereocenters. The molecule has 0 aromatic carbocycles. The third kappa shape index (κ3) is 1.62. The zero-order chi connectivity index (χ0) is 10.1. The molecule has 0 saturated heterocycles. The molecule has 3 heteroatoms. The van der Waals surface area contributed by atoms with Gasteiger partial charge in [0.2, 0.25) is 5.91 Å². The molecular weight excluding hydrogens is 178 g/mol. The summed E-state index contributed by atoms with van der Waals surface area (Å²) in [6.07, 6.45) is 5.93. The van der Waals surface area contributed by atoms with E-state index in [4.69, 9.17) is 0 Å². The Morgan fingerprint density at radius 3 is 2.79 bits per heavy atom. The lowest BCUT2D eigenvalue weighted by Crippen LogP contribution is -2.27. The van der Waals surface area contributed by atoms with Gasteiger partial charge in [0.1, 0.15) is 0 Å². The van der Waals surface area contributed by atoms with Gasteiger partial charge in [0.25, 0.3) is 0 Å². The Labute approximate surface area is 83.1 Å². The molecule has 3 nitrogen and oxygen atoms in total. The highest BCUT2D eigenvalue weighted by Crippen LogP contribution is 2.22. The zero-order valence-corrected chi connectivity index (χ0v) is 8.19. The van der Waals surface area contributed by atoms with E-state index in [2.05, 4.69) is 0 Å². The molecular formula is C11H13NO2. The summed E-state index contributed by atoms with van der Waals surface area (Å²) in [7, 11) is 0. The molecule has 74 valence electrons. The van der Waals surface area contributed by atoms with E-state index in [-0.39, 0.29) is 17.6 Å². The number of amides is 1. The maximum absolute atomic E-state index is 11.3. The molecule has 0 fully saturated rings. The zero-order valence-electron chi connectivity index (χ0n) is 8.19. The first-order valence-corrected chi connectivity index (χ1v) is 4.85. The van der Waals surface area contributed by atoms with Gasteiger partial charge in [-0.25, -0.2) is 0 Å². The summed E-state index contributed by atoms with van der Waals surface area (Å²) < 4.78 is 0. The van der Waals surface area contributed by atoms with Crippen molar-refractivity contribution >= 4 is 11.7 Å². The lowest BCUT2D eigenvalue weighted by molar-refractivity contribution is -0.124. The maximum atomic E-state index is 11.3. The molecule has 2 aliphatic rings. The van der Waals surface area contributed by atoms with Crippen LogP contribution in [0.15, 0.2) is 23.8 Å². The summed E-state index contributed by atoms with van der Waals surface area (Å²) in [5.74, 6) is 0.355. The average molecular weight is 191 g/mol. The molecule has 0 radical (unpaired) electrons. The van der Waals surface area contributed by atoms with Gasteiger partial charge < -0.3 is 4.90 Å². The topological polar surface area (TPSA) is 37.4 Å². The molecule has 14 heavy (non-hydrogen) atoms. The third-order valence-corrected chi connectivity index (χ3v) is 2.69. The molecule has 0 spiro atoms. The fraction of sp³-hybridized carbons (Fsp3) is 0.455. The normalized spacial score (nSPS) is 26.2. The van der Waals surface area contributed by atoms with E-state index in [1.54, 1.807) is 17.1 Å². The van der Waals surface area contributed by atoms with Crippen LogP contribution in [-0.2, 0) is 9.59 Å². The minimum absolute atomic E-state index is 0.0536. The molecule has 0 N–H and O–H groups in total. The van der Waals surface area contributed by atoms with Crippen molar-refractivity contribution in [2.45, 2.75) is 13.3 Å². The molecule has 0 bridgehead atoms. The number of carbonyl (C=O) groups excluding carboxylic acids is 2. The van der Waals surface area contributed by atoms with E-state index in [1.165, 1.54) is 0 Å². The smallest absolute Gasteiger partial charge is 0.246 e. The van der Waals surface area contributed by atoms with E-state index in [9.17, 15) is 9.59 Å². The summed E-state index contributed by atoms with van der Waals surface area (Å²) in [6, 6.07) is 0. The highest BCUT2D eigenvalue weighted by molar-refractivity contribution is 5.95. The highest BCUT2D eigenvalue weighted by Gasteiger charge is 2.24. The highest BCUT2D eigenvalue weighted by atomic mass is 16.2. The van der Waals surface area contributed by atoms with Gasteiger partial charge in [0.05, 0.1) is 0 Å². The Bertz CT molecular complexity index is 341. The molecule has 2 rings (SSSR count). The SMILES string of the molecule is CC1CC(CN2CC=CC2=O)=CC1=O. The lowest BCUT2D eigenvalue weighted by atomic mass is 10.1. The van der Waals surface area contributed by atoms with Crippen molar-refractivity contribution in [1.82, 2.24) is 4.90 Å². The number of carbonyl (C=O) groups is 2. The van der Waals surface area contributed by atoms with Crippen LogP contribution in [0.2, 0.25) is 0 Å². The van der Waals surface area contributed by atoms with Crippen LogP contribution in [0, 0.1) is 5.92 Å². The van der Waals surface area contributed by atoms with Crippen molar-refractivity contribution in [1.29, 1.82) is 0 Å². The first-order chi connectivity index (χ1) is 6.66. The molecule has 1 unspecified atom stereocenters. The molecule has 0 aromatic rings. The van der Waals surface area contributed by atoms with Crippen LogP contribution in [0.25, 0.3) is 0 Å². The number of hydrogen-bond acceptors (Lipinski definition) is 2. The number of ketones is 1. The third-order valence-electron chi connectivity index (χ3n) is 2.69. The van der Waals surface area contributed by atoms with Gasteiger partial charge in [0, 0.05) is 25.1 Å². The Hall–Kier alpha value is -1.38. The van der Waals surface area contributed by atoms with Crippen molar-refractivity contribution in [3.05, 3.63) is 23.8 Å². The predicted octanol–water partition coefficient (Wildman–Crippen LogP) is 0.920. The molecule has 0 aromatic heterocycles. The number of allylic oxidation sites excluding steroid dienone is 1. The standard InChI is InChI=1S/C11H13NO2/c1-8-5-9(6-10(8)13)7-12-4-2-3-11(12)14/h2-3,6,8H,4-5,7H2,1H3. The number of hydrogen-bond donors (Lipinski definition) is 0. The van der Waals surface area contributed by atoms with Crippen LogP contribution in [-0.4, -0.2) is 29.7 Å². The summed E-state index contributed by atoms with van der Waals surface area (Å²) in [5.41, 5.74) is 1.08. The van der Waals surface area contributed by atoms with Crippen LogP contribution >= 0.6 is 0 Å². The van der Waals surface area contributed by atoms with Gasteiger partial charge in [0.15, 0.2) is 5.78 Å². The van der Waals surface area contributed by atoms with Crippen molar-refractivity contribution < 1.29 is 9.59 Å². The molecule has 0 saturated carbocycles. The first-order valence-electron chi connectivity index (χ1n) is 4.85. The van der Waals surface area contributed by atoms with Gasteiger partial charge in [-0.05, 0) is 18.1 Å². The van der Waals surface area contributed by atoms with Gasteiger partial charge in [-0.3, -0.25) is 9.59 Å². The van der Waals surface area contributed by atoms with Crippen molar-refractivity contribution in [3.8, 4) is 0 Å². The van der Waals surface area contributed by atoms with Crippen molar-refractivity contribution in [3.63, 3.8) is 0 Å². The Morgan fingerprint density at radius 1 is 1.50 bits per heavy atom. The number of rotatable bonds is 2. The van der Waals surface area contributed by atoms with Crippen LogP contribution in [0.3, 0.4) is 0 Å². The van der Waals surface area contributed by atoms with E-state index in [0.717, 1.165) is 12.0 Å². The molecule has 1 aliphatic carbocycles. The average Bonchev–Trinajstić information content (AvgIpc) is 2.63. The minimum atomic E-state index is 0.0536. The monoisotopic (exact) mass is 191 g/mol. The fourth-order valence-corrected chi connectivity index (χ4v) is 1.87. The van der Waals surface area contributed by atoms with Gasteiger partial charge in [-0.2, -0.15) is 0 Å². The minimum Gasteiger partial charge on any atom is -0.331 e. The van der Waals surface area contributed by atoms with Crippen LogP contribution in [0.5, 0.6) is 0 Å². The fourth-order valence-electron chi connectivity index (χ4n) is 1.87. The second kappa shape index (κ2) is 3.40. The summed E-state index contributed by atoms with van der Waals surface area (Å²) in [6.45, 7) is 3.22. The van der Waals surface area contributed by atoms with Crippen molar-refractivity contribution in [2.24, 2.45) is 5.92 Å². The van der Waals surface area contributed by atoms with Crippen LogP contribution in [0.1, 0.15) is 13.3 Å². The van der Waals surface area contributed by atoms with Gasteiger partial charge in [-0.1, -0.05) is 13.0 Å². The molecule has 1 amide bonds. The van der Waals surface area contributed by atoms with Crippen molar-refractivity contribution in [2.75, 3.05) is 13.1 Å². The van der Waals surface area contributed by atoms with E-state index < -0.39 is 0 Å². The lowest BCUT2D eigenvalue weighted by Gasteiger charge is -2.16. The van der Waals surface area contributed by atoms with E-state index in [0.29, 0.717) is 13.1 Å². The first kappa shape index (κ1) is 9.19. The largest absolute Gasteiger partial charge is 0.331 e. The van der Waals surface area contributed by atoms with Crippen LogP contribution < -0.4 is 0 Å². The van der Waals surface area contributed by atoms with Gasteiger partial charge in [-0.15, -0.1) is 0 Å². The van der Waals surface area contributed by atoms with Gasteiger partial charge >= 0.3 is 0 Å². The molecule has 1 heterocycles.